The first kappa shape index (κ1) is 23.0. The fourth-order valence-corrected chi connectivity index (χ4v) is 3.26. The third-order valence-corrected chi connectivity index (χ3v) is 4.87. The molecule has 1 aromatic heterocycles. The average molecular weight is 444 g/mol. The quantitative estimate of drug-likeness (QED) is 0.632. The maximum atomic E-state index is 13.9. The molecule has 0 saturated carbocycles. The maximum Gasteiger partial charge on any atom is 0.409 e. The summed E-state index contributed by atoms with van der Waals surface area (Å²) < 4.78 is 24.0. The zero-order chi connectivity index (χ0) is 22.9. The van der Waals surface area contributed by atoms with Gasteiger partial charge in [0, 0.05) is 25.3 Å². The molecule has 3 rings (SSSR count). The van der Waals surface area contributed by atoms with Gasteiger partial charge in [-0.05, 0) is 44.0 Å². The highest BCUT2D eigenvalue weighted by molar-refractivity contribution is 5.96. The van der Waals surface area contributed by atoms with Crippen LogP contribution in [-0.2, 0) is 14.3 Å². The van der Waals surface area contributed by atoms with Crippen LogP contribution in [0, 0.1) is 5.82 Å². The number of esters is 1. The van der Waals surface area contributed by atoms with Gasteiger partial charge in [0.2, 0.25) is 0 Å². The Balaban J connectivity index is 1.49. The number of ether oxygens (including phenoxy) is 2. The Morgan fingerprint density at radius 2 is 1.88 bits per heavy atom. The lowest BCUT2D eigenvalue weighted by atomic mass is 10.1. The number of rotatable bonds is 7. The topological polar surface area (TPSA) is 110 Å². The molecule has 0 atom stereocenters. The Morgan fingerprint density at radius 1 is 1.12 bits per heavy atom. The van der Waals surface area contributed by atoms with Crippen LogP contribution in [0.5, 0.6) is 0 Å². The summed E-state index contributed by atoms with van der Waals surface area (Å²) in [5.41, 5.74) is 0.235. The van der Waals surface area contributed by atoms with E-state index in [-0.39, 0.29) is 29.2 Å². The maximum absolute atomic E-state index is 13.9. The second-order valence-electron chi connectivity index (χ2n) is 7.11. The summed E-state index contributed by atoms with van der Waals surface area (Å²) in [7, 11) is 0. The predicted molar refractivity (Wildman–Crippen MR) is 114 cm³/mol. The Hall–Kier alpha value is -3.69. The van der Waals surface area contributed by atoms with Crippen molar-refractivity contribution in [3.8, 4) is 0 Å². The first-order chi connectivity index (χ1) is 15.5. The van der Waals surface area contributed by atoms with E-state index in [2.05, 4.69) is 15.6 Å². The van der Waals surface area contributed by atoms with Crippen LogP contribution in [0.15, 0.2) is 42.6 Å². The van der Waals surface area contributed by atoms with Gasteiger partial charge in [0.25, 0.3) is 5.91 Å². The molecule has 2 heterocycles. The minimum Gasteiger partial charge on any atom is -0.452 e. The van der Waals surface area contributed by atoms with Gasteiger partial charge in [-0.1, -0.05) is 12.1 Å². The molecule has 0 spiro atoms. The monoisotopic (exact) mass is 444 g/mol. The van der Waals surface area contributed by atoms with Crippen LogP contribution in [0.1, 0.15) is 30.1 Å². The molecule has 2 amide bonds. The van der Waals surface area contributed by atoms with Gasteiger partial charge in [0.05, 0.1) is 12.3 Å². The largest absolute Gasteiger partial charge is 0.452 e. The standard InChI is InChI=1S/C22H25FN4O5/c1-2-31-22(30)27-12-9-15(10-13-27)25-19(28)14-32-21(29)16-6-5-11-24-20(16)26-18-8-4-3-7-17(18)23/h3-8,11,15H,2,9-10,12-14H2,1H3,(H,24,26)(H,25,28). The first-order valence-electron chi connectivity index (χ1n) is 10.3. The summed E-state index contributed by atoms with van der Waals surface area (Å²) in [4.78, 5) is 42.1. The van der Waals surface area contributed by atoms with Crippen molar-refractivity contribution in [1.29, 1.82) is 0 Å². The molecule has 1 saturated heterocycles. The Kier molecular flexibility index (Phi) is 7.96. The molecular formula is C22H25FN4O5. The van der Waals surface area contributed by atoms with Crippen LogP contribution in [0.25, 0.3) is 0 Å². The normalized spacial score (nSPS) is 13.9. The van der Waals surface area contributed by atoms with Crippen LogP contribution in [-0.4, -0.2) is 60.2 Å². The fourth-order valence-electron chi connectivity index (χ4n) is 3.26. The fraction of sp³-hybridized carbons (Fsp3) is 0.364. The van der Waals surface area contributed by atoms with Gasteiger partial charge in [-0.15, -0.1) is 0 Å². The highest BCUT2D eigenvalue weighted by Crippen LogP contribution is 2.21. The van der Waals surface area contributed by atoms with Crippen LogP contribution in [0.4, 0.5) is 20.7 Å². The zero-order valence-corrected chi connectivity index (χ0v) is 17.7. The van der Waals surface area contributed by atoms with E-state index in [9.17, 15) is 18.8 Å². The van der Waals surface area contributed by atoms with Crippen molar-refractivity contribution in [1.82, 2.24) is 15.2 Å². The number of likely N-dealkylation sites (tertiary alicyclic amines) is 1. The number of halogens is 1. The summed E-state index contributed by atoms with van der Waals surface area (Å²) in [6.45, 7) is 2.55. The summed E-state index contributed by atoms with van der Waals surface area (Å²) in [6, 6.07) is 8.89. The van der Waals surface area contributed by atoms with Gasteiger partial charge in [0.1, 0.15) is 17.2 Å². The molecule has 0 radical (unpaired) electrons. The van der Waals surface area contributed by atoms with Gasteiger partial charge in [0.15, 0.2) is 6.61 Å². The van der Waals surface area contributed by atoms with Crippen molar-refractivity contribution in [2.45, 2.75) is 25.8 Å². The van der Waals surface area contributed by atoms with Crippen molar-refractivity contribution >= 4 is 29.5 Å². The van der Waals surface area contributed by atoms with E-state index in [0.717, 1.165) is 0 Å². The van der Waals surface area contributed by atoms with Crippen molar-refractivity contribution in [2.75, 3.05) is 31.6 Å². The van der Waals surface area contributed by atoms with Gasteiger partial charge in [-0.3, -0.25) is 4.79 Å². The molecule has 0 aliphatic carbocycles. The molecule has 2 N–H and O–H groups in total. The number of pyridine rings is 1. The van der Waals surface area contributed by atoms with E-state index in [4.69, 9.17) is 9.47 Å². The molecule has 9 nitrogen and oxygen atoms in total. The van der Waals surface area contributed by atoms with Gasteiger partial charge < -0.3 is 25.0 Å². The number of amides is 2. The first-order valence-corrected chi connectivity index (χ1v) is 10.3. The number of aromatic nitrogens is 1. The molecule has 1 aromatic carbocycles. The van der Waals surface area contributed by atoms with E-state index in [1.807, 2.05) is 0 Å². The predicted octanol–water partition coefficient (Wildman–Crippen LogP) is 2.86. The van der Waals surface area contributed by atoms with E-state index < -0.39 is 24.3 Å². The number of nitrogens with zero attached hydrogens (tertiary/aromatic N) is 2. The smallest absolute Gasteiger partial charge is 0.409 e. The molecule has 10 heteroatoms. The number of hydrogen-bond acceptors (Lipinski definition) is 7. The van der Waals surface area contributed by atoms with Crippen molar-refractivity contribution in [3.63, 3.8) is 0 Å². The number of carbonyl (C=O) groups is 3. The van der Waals surface area contributed by atoms with Gasteiger partial charge in [-0.2, -0.15) is 0 Å². The Labute approximate surface area is 184 Å². The number of hydrogen-bond donors (Lipinski definition) is 2. The van der Waals surface area contributed by atoms with Crippen LogP contribution in [0.3, 0.4) is 0 Å². The van der Waals surface area contributed by atoms with E-state index >= 15 is 0 Å². The summed E-state index contributed by atoms with van der Waals surface area (Å²) in [5.74, 6) is -1.58. The number of piperidine rings is 1. The van der Waals surface area contributed by atoms with Crippen LogP contribution >= 0.6 is 0 Å². The Morgan fingerprint density at radius 3 is 2.59 bits per heavy atom. The Bertz CT molecular complexity index is 963. The number of anilines is 2. The lowest BCUT2D eigenvalue weighted by Gasteiger charge is -2.31. The minimum atomic E-state index is -0.760. The van der Waals surface area contributed by atoms with Crippen LogP contribution in [0.2, 0.25) is 0 Å². The second kappa shape index (κ2) is 11.1. The summed E-state index contributed by atoms with van der Waals surface area (Å²) in [5, 5.41) is 5.57. The number of nitrogens with one attached hydrogen (secondary N) is 2. The van der Waals surface area contributed by atoms with Crippen LogP contribution < -0.4 is 10.6 Å². The lowest BCUT2D eigenvalue weighted by molar-refractivity contribution is -0.125. The number of carbonyl (C=O) groups excluding carboxylic acids is 3. The second-order valence-corrected chi connectivity index (χ2v) is 7.11. The zero-order valence-electron chi connectivity index (χ0n) is 17.7. The molecule has 2 aromatic rings. The van der Waals surface area contributed by atoms with E-state index in [1.165, 1.54) is 24.4 Å². The molecule has 0 bridgehead atoms. The molecule has 1 aliphatic rings. The molecule has 1 aliphatic heterocycles. The van der Waals surface area contributed by atoms with Crippen molar-refractivity contribution in [2.24, 2.45) is 0 Å². The third-order valence-electron chi connectivity index (χ3n) is 4.87. The average Bonchev–Trinajstić information content (AvgIpc) is 2.80. The summed E-state index contributed by atoms with van der Waals surface area (Å²) in [6.07, 6.45) is 2.26. The number of para-hydroxylation sites is 1. The molecule has 170 valence electrons. The number of benzene rings is 1. The van der Waals surface area contributed by atoms with Crippen molar-refractivity contribution in [3.05, 3.63) is 54.0 Å². The van der Waals surface area contributed by atoms with Gasteiger partial charge in [-0.25, -0.2) is 19.0 Å². The third kappa shape index (κ3) is 6.16. The highest BCUT2D eigenvalue weighted by atomic mass is 19.1. The van der Waals surface area contributed by atoms with Gasteiger partial charge >= 0.3 is 12.1 Å². The molecule has 1 fully saturated rings. The van der Waals surface area contributed by atoms with E-state index in [0.29, 0.717) is 32.5 Å². The SMILES string of the molecule is CCOC(=O)N1CCC(NC(=O)COC(=O)c2cccnc2Nc2ccccc2F)CC1. The molecular weight excluding hydrogens is 419 g/mol. The van der Waals surface area contributed by atoms with Crippen molar-refractivity contribution < 1.29 is 28.2 Å². The lowest BCUT2D eigenvalue weighted by Crippen LogP contribution is -2.47. The van der Waals surface area contributed by atoms with E-state index in [1.54, 1.807) is 30.0 Å². The minimum absolute atomic E-state index is 0.0753. The molecule has 0 unspecified atom stereocenters. The molecule has 32 heavy (non-hydrogen) atoms. The highest BCUT2D eigenvalue weighted by Gasteiger charge is 2.25. The summed E-state index contributed by atoms with van der Waals surface area (Å²) >= 11 is 0.